The van der Waals surface area contributed by atoms with Gasteiger partial charge in [-0.3, -0.25) is 19.9 Å². The molecule has 1 atom stereocenters. The lowest BCUT2D eigenvalue weighted by atomic mass is 10.1. The van der Waals surface area contributed by atoms with E-state index >= 15 is 0 Å². The van der Waals surface area contributed by atoms with Gasteiger partial charge in [0.2, 0.25) is 0 Å². The SMILES string of the molecule is Cc1csc(Sc2ccc(C(=O)N3CCC[C@H]3c3ccccn3)cc2[N+](=O)[O-])n1. The molecule has 0 saturated carbocycles. The monoisotopic (exact) mass is 426 g/mol. The first-order chi connectivity index (χ1) is 14.0. The Labute approximate surface area is 176 Å². The fourth-order valence-electron chi connectivity index (χ4n) is 3.41. The summed E-state index contributed by atoms with van der Waals surface area (Å²) in [5.41, 5.74) is 1.96. The topological polar surface area (TPSA) is 89.2 Å². The van der Waals surface area contributed by atoms with Crippen LogP contribution in [0.2, 0.25) is 0 Å². The maximum atomic E-state index is 13.1. The Kier molecular flexibility index (Phi) is 5.59. The van der Waals surface area contributed by atoms with Gasteiger partial charge in [-0.05, 0) is 44.0 Å². The normalized spacial score (nSPS) is 16.2. The molecule has 7 nitrogen and oxygen atoms in total. The van der Waals surface area contributed by atoms with E-state index in [2.05, 4.69) is 9.97 Å². The molecule has 0 N–H and O–H groups in total. The molecule has 29 heavy (non-hydrogen) atoms. The smallest absolute Gasteiger partial charge is 0.284 e. The molecule has 9 heteroatoms. The van der Waals surface area contributed by atoms with E-state index in [0.717, 1.165) is 28.6 Å². The zero-order chi connectivity index (χ0) is 20.4. The summed E-state index contributed by atoms with van der Waals surface area (Å²) in [4.78, 5) is 35.3. The van der Waals surface area contributed by atoms with Crippen molar-refractivity contribution in [1.29, 1.82) is 0 Å². The number of carbonyl (C=O) groups is 1. The second-order valence-electron chi connectivity index (χ2n) is 6.71. The first-order valence-electron chi connectivity index (χ1n) is 9.13. The van der Waals surface area contributed by atoms with E-state index < -0.39 is 4.92 Å². The standard InChI is InChI=1S/C20H18N4O3S2/c1-13-12-28-20(22-13)29-18-8-7-14(11-17(18)24(26)27)19(25)23-10-4-6-16(23)15-5-2-3-9-21-15/h2-3,5,7-9,11-12,16H,4,6,10H2,1H3/t16-/m0/s1. The van der Waals surface area contributed by atoms with E-state index in [0.29, 0.717) is 17.0 Å². The molecule has 1 aliphatic heterocycles. The van der Waals surface area contributed by atoms with Crippen molar-refractivity contribution in [3.05, 3.63) is 75.0 Å². The Balaban J connectivity index is 1.61. The van der Waals surface area contributed by atoms with Gasteiger partial charge in [-0.2, -0.15) is 0 Å². The number of likely N-dealkylation sites (tertiary alicyclic amines) is 1. The number of pyridine rings is 1. The fraction of sp³-hybridized carbons (Fsp3) is 0.250. The van der Waals surface area contributed by atoms with E-state index in [-0.39, 0.29) is 17.6 Å². The molecule has 148 valence electrons. The van der Waals surface area contributed by atoms with Crippen molar-refractivity contribution >= 4 is 34.7 Å². The molecule has 0 unspecified atom stereocenters. The molecule has 4 rings (SSSR count). The molecule has 0 bridgehead atoms. The summed E-state index contributed by atoms with van der Waals surface area (Å²) in [5, 5.41) is 13.5. The van der Waals surface area contributed by atoms with Crippen LogP contribution in [0, 0.1) is 17.0 Å². The first kappa shape index (κ1) is 19.5. The van der Waals surface area contributed by atoms with Crippen molar-refractivity contribution in [3.8, 4) is 0 Å². The Morgan fingerprint density at radius 1 is 1.34 bits per heavy atom. The predicted molar refractivity (Wildman–Crippen MR) is 111 cm³/mol. The quantitative estimate of drug-likeness (QED) is 0.427. The highest BCUT2D eigenvalue weighted by molar-refractivity contribution is 8.01. The average Bonchev–Trinajstić information content (AvgIpc) is 3.37. The lowest BCUT2D eigenvalue weighted by Crippen LogP contribution is -2.31. The molecule has 1 aromatic carbocycles. The molecule has 1 fully saturated rings. The van der Waals surface area contributed by atoms with Gasteiger partial charge in [0.15, 0.2) is 4.34 Å². The van der Waals surface area contributed by atoms with Crippen molar-refractivity contribution in [3.63, 3.8) is 0 Å². The summed E-state index contributed by atoms with van der Waals surface area (Å²) in [6.45, 7) is 2.49. The van der Waals surface area contributed by atoms with Crippen LogP contribution in [0.1, 0.15) is 40.6 Å². The number of amides is 1. The van der Waals surface area contributed by atoms with Crippen LogP contribution in [-0.2, 0) is 0 Å². The van der Waals surface area contributed by atoms with Crippen LogP contribution in [0.5, 0.6) is 0 Å². The van der Waals surface area contributed by atoms with Crippen molar-refractivity contribution in [2.45, 2.75) is 35.0 Å². The minimum atomic E-state index is -0.445. The van der Waals surface area contributed by atoms with Gasteiger partial charge in [-0.15, -0.1) is 11.3 Å². The third-order valence-electron chi connectivity index (χ3n) is 4.74. The lowest BCUT2D eigenvalue weighted by Gasteiger charge is -2.24. The third-order valence-corrected chi connectivity index (χ3v) is 6.86. The average molecular weight is 427 g/mol. The molecular weight excluding hydrogens is 408 g/mol. The van der Waals surface area contributed by atoms with Crippen LogP contribution < -0.4 is 0 Å². The van der Waals surface area contributed by atoms with Gasteiger partial charge in [0.1, 0.15) is 0 Å². The van der Waals surface area contributed by atoms with Crippen molar-refractivity contribution in [2.24, 2.45) is 0 Å². The minimum absolute atomic E-state index is 0.0812. The van der Waals surface area contributed by atoms with Crippen LogP contribution in [0.4, 0.5) is 5.69 Å². The van der Waals surface area contributed by atoms with Crippen LogP contribution in [-0.4, -0.2) is 32.2 Å². The minimum Gasteiger partial charge on any atom is -0.330 e. The number of carbonyl (C=O) groups excluding carboxylic acids is 1. The maximum Gasteiger partial charge on any atom is 0.284 e. The second kappa shape index (κ2) is 8.30. The van der Waals surface area contributed by atoms with Crippen molar-refractivity contribution in [2.75, 3.05) is 6.54 Å². The van der Waals surface area contributed by atoms with Gasteiger partial charge < -0.3 is 4.90 Å². The number of rotatable bonds is 5. The summed E-state index contributed by atoms with van der Waals surface area (Å²) in [6.07, 6.45) is 3.43. The van der Waals surface area contributed by atoms with E-state index in [4.69, 9.17) is 0 Å². The Hall–Kier alpha value is -2.78. The van der Waals surface area contributed by atoms with Crippen molar-refractivity contribution in [1.82, 2.24) is 14.9 Å². The zero-order valence-electron chi connectivity index (χ0n) is 15.6. The van der Waals surface area contributed by atoms with Crippen molar-refractivity contribution < 1.29 is 9.72 Å². The van der Waals surface area contributed by atoms with E-state index in [1.54, 1.807) is 23.2 Å². The molecule has 1 saturated heterocycles. The second-order valence-corrected chi connectivity index (χ2v) is 8.85. The molecule has 1 aliphatic rings. The van der Waals surface area contributed by atoms with Crippen LogP contribution in [0.3, 0.4) is 0 Å². The number of aryl methyl sites for hydroxylation is 1. The lowest BCUT2D eigenvalue weighted by molar-refractivity contribution is -0.387. The van der Waals surface area contributed by atoms with Gasteiger partial charge in [0.25, 0.3) is 11.6 Å². The third kappa shape index (κ3) is 4.15. The summed E-state index contributed by atoms with van der Waals surface area (Å²) >= 11 is 2.69. The highest BCUT2D eigenvalue weighted by Crippen LogP contribution is 2.38. The molecule has 3 heterocycles. The maximum absolute atomic E-state index is 13.1. The Bertz CT molecular complexity index is 1050. The number of hydrogen-bond donors (Lipinski definition) is 0. The Morgan fingerprint density at radius 3 is 2.90 bits per heavy atom. The number of nitro groups is 1. The van der Waals surface area contributed by atoms with Gasteiger partial charge >= 0.3 is 0 Å². The number of aromatic nitrogens is 2. The van der Waals surface area contributed by atoms with E-state index in [9.17, 15) is 14.9 Å². The van der Waals surface area contributed by atoms with Gasteiger partial charge in [-0.1, -0.05) is 17.8 Å². The molecular formula is C20H18N4O3S2. The van der Waals surface area contributed by atoms with E-state index in [1.807, 2.05) is 30.5 Å². The fourth-order valence-corrected chi connectivity index (χ4v) is 5.29. The molecule has 0 radical (unpaired) electrons. The van der Waals surface area contributed by atoms with E-state index in [1.165, 1.54) is 29.2 Å². The summed E-state index contributed by atoms with van der Waals surface area (Å²) < 4.78 is 0.736. The molecule has 1 amide bonds. The highest BCUT2D eigenvalue weighted by Gasteiger charge is 2.32. The van der Waals surface area contributed by atoms with Crippen LogP contribution in [0.15, 0.2) is 57.2 Å². The number of hydrogen-bond acceptors (Lipinski definition) is 7. The van der Waals surface area contributed by atoms with Gasteiger partial charge in [-0.25, -0.2) is 4.98 Å². The molecule has 3 aromatic rings. The molecule has 2 aromatic heterocycles. The largest absolute Gasteiger partial charge is 0.330 e. The first-order valence-corrected chi connectivity index (χ1v) is 10.8. The predicted octanol–water partition coefficient (Wildman–Crippen LogP) is 4.88. The van der Waals surface area contributed by atoms with Crippen LogP contribution >= 0.6 is 23.1 Å². The number of nitro benzene ring substituents is 1. The highest BCUT2D eigenvalue weighted by atomic mass is 32.2. The number of nitrogens with zero attached hydrogens (tertiary/aromatic N) is 4. The van der Waals surface area contributed by atoms with Gasteiger partial charge in [0, 0.05) is 35.4 Å². The summed E-state index contributed by atoms with van der Waals surface area (Å²) in [5.74, 6) is -0.206. The molecule has 0 aliphatic carbocycles. The summed E-state index contributed by atoms with van der Waals surface area (Å²) in [6, 6.07) is 10.2. The van der Waals surface area contributed by atoms with Gasteiger partial charge in [0.05, 0.1) is 21.6 Å². The Morgan fingerprint density at radius 2 is 2.21 bits per heavy atom. The summed E-state index contributed by atoms with van der Waals surface area (Å²) in [7, 11) is 0. The number of thiazole rings is 1. The number of benzene rings is 1. The van der Waals surface area contributed by atoms with Crippen LogP contribution in [0.25, 0.3) is 0 Å². The molecule has 0 spiro atoms. The zero-order valence-corrected chi connectivity index (χ0v) is 17.3.